The molecule has 7 heteroatoms. The Kier molecular flexibility index (Phi) is 6.37. The van der Waals surface area contributed by atoms with Crippen LogP contribution in [-0.2, 0) is 6.54 Å². The molecule has 4 rings (SSSR count). The van der Waals surface area contributed by atoms with Crippen LogP contribution in [0.2, 0.25) is 0 Å². The summed E-state index contributed by atoms with van der Waals surface area (Å²) in [5.41, 5.74) is 2.46. The van der Waals surface area contributed by atoms with Gasteiger partial charge < -0.3 is 10.0 Å². The monoisotopic (exact) mass is 405 g/mol. The second-order valence-corrected chi connectivity index (χ2v) is 9.57. The highest BCUT2D eigenvalue weighted by Gasteiger charge is 2.34. The van der Waals surface area contributed by atoms with Crippen molar-refractivity contribution < 1.29 is 5.11 Å². The van der Waals surface area contributed by atoms with E-state index >= 15 is 0 Å². The lowest BCUT2D eigenvalue weighted by Crippen LogP contribution is -2.58. The maximum atomic E-state index is 9.68. The average Bonchev–Trinajstić information content (AvgIpc) is 3.25. The van der Waals surface area contributed by atoms with E-state index in [1.165, 1.54) is 31.6 Å². The van der Waals surface area contributed by atoms with Crippen LogP contribution in [0.15, 0.2) is 11.6 Å². The molecule has 2 fully saturated rings. The van der Waals surface area contributed by atoms with Crippen LogP contribution in [0.1, 0.15) is 44.5 Å². The van der Waals surface area contributed by atoms with Crippen LogP contribution in [0.5, 0.6) is 0 Å². The Labute approximate surface area is 172 Å². The van der Waals surface area contributed by atoms with E-state index < -0.39 is 0 Å². The number of rotatable bonds is 6. The molecule has 0 aliphatic carbocycles. The van der Waals surface area contributed by atoms with Crippen LogP contribution >= 0.6 is 11.3 Å². The summed E-state index contributed by atoms with van der Waals surface area (Å²) >= 11 is 1.70. The molecule has 2 aromatic heterocycles. The van der Waals surface area contributed by atoms with Crippen molar-refractivity contribution in [3.05, 3.63) is 23.0 Å². The van der Waals surface area contributed by atoms with Gasteiger partial charge in [-0.2, -0.15) is 0 Å². The van der Waals surface area contributed by atoms with Gasteiger partial charge in [0, 0.05) is 62.5 Å². The zero-order chi connectivity index (χ0) is 19.7. The third kappa shape index (κ3) is 4.14. The first-order chi connectivity index (χ1) is 13.6. The fraction of sp³-hybridized carbons (Fsp3) is 0.762. The zero-order valence-electron chi connectivity index (χ0n) is 17.5. The molecule has 0 amide bonds. The first kappa shape index (κ1) is 20.3. The fourth-order valence-corrected chi connectivity index (χ4v) is 5.82. The molecule has 4 heterocycles. The minimum Gasteiger partial charge on any atom is -0.396 e. The van der Waals surface area contributed by atoms with Crippen molar-refractivity contribution in [2.75, 3.05) is 39.3 Å². The molecule has 0 radical (unpaired) electrons. The van der Waals surface area contributed by atoms with Crippen molar-refractivity contribution in [2.24, 2.45) is 0 Å². The van der Waals surface area contributed by atoms with Gasteiger partial charge in [0.1, 0.15) is 0 Å². The van der Waals surface area contributed by atoms with Crippen molar-refractivity contribution in [3.8, 4) is 0 Å². The quantitative estimate of drug-likeness (QED) is 0.800. The number of imidazole rings is 1. The Bertz CT molecular complexity index is 764. The molecule has 1 atom stereocenters. The van der Waals surface area contributed by atoms with Gasteiger partial charge in [-0.25, -0.2) is 4.98 Å². The molecule has 2 saturated heterocycles. The fourth-order valence-electron chi connectivity index (χ4n) is 5.04. The number of likely N-dealkylation sites (tertiary alicyclic amines) is 1. The lowest BCUT2D eigenvalue weighted by Gasteiger charge is -2.48. The Hall–Kier alpha value is -0.990. The largest absolute Gasteiger partial charge is 0.396 e. The van der Waals surface area contributed by atoms with E-state index in [-0.39, 0.29) is 6.61 Å². The summed E-state index contributed by atoms with van der Waals surface area (Å²) in [5.74, 6) is 0. The van der Waals surface area contributed by atoms with Crippen LogP contribution in [0.4, 0.5) is 0 Å². The van der Waals surface area contributed by atoms with Gasteiger partial charge in [-0.3, -0.25) is 14.2 Å². The Balaban J connectivity index is 1.40. The summed E-state index contributed by atoms with van der Waals surface area (Å²) in [6, 6.07) is 1.79. The van der Waals surface area contributed by atoms with E-state index in [0.717, 1.165) is 43.3 Å². The van der Waals surface area contributed by atoms with Gasteiger partial charge in [-0.05, 0) is 53.1 Å². The molecule has 2 aromatic rings. The van der Waals surface area contributed by atoms with Gasteiger partial charge in [0.15, 0.2) is 4.96 Å². The predicted molar refractivity (Wildman–Crippen MR) is 115 cm³/mol. The zero-order valence-corrected chi connectivity index (χ0v) is 18.4. The SMILES string of the molecule is Cc1nc2sccn2c1CN1CCN(C2CCN(C(C)C)CC2)[C@@H](CCO)C1. The third-order valence-corrected chi connectivity index (χ3v) is 7.46. The van der Waals surface area contributed by atoms with E-state index in [9.17, 15) is 5.11 Å². The predicted octanol–water partition coefficient (Wildman–Crippen LogP) is 2.45. The molecule has 6 nitrogen and oxygen atoms in total. The molecule has 156 valence electrons. The number of fused-ring (bicyclic) bond motifs is 1. The van der Waals surface area contributed by atoms with Gasteiger partial charge in [-0.1, -0.05) is 0 Å². The molecule has 0 spiro atoms. The number of nitrogens with zero attached hydrogens (tertiary/aromatic N) is 5. The van der Waals surface area contributed by atoms with Crippen LogP contribution < -0.4 is 0 Å². The smallest absolute Gasteiger partial charge is 0.194 e. The number of aryl methyl sites for hydroxylation is 1. The van der Waals surface area contributed by atoms with Crippen molar-refractivity contribution >= 4 is 16.3 Å². The number of aromatic nitrogens is 2. The first-order valence-electron chi connectivity index (χ1n) is 10.8. The lowest BCUT2D eigenvalue weighted by molar-refractivity contribution is -0.000448. The molecule has 0 bridgehead atoms. The number of hydrogen-bond acceptors (Lipinski definition) is 6. The Morgan fingerprint density at radius 2 is 2.00 bits per heavy atom. The summed E-state index contributed by atoms with van der Waals surface area (Å²) in [7, 11) is 0. The van der Waals surface area contributed by atoms with Crippen molar-refractivity contribution in [1.29, 1.82) is 0 Å². The minimum atomic E-state index is 0.278. The summed E-state index contributed by atoms with van der Waals surface area (Å²) < 4.78 is 2.25. The van der Waals surface area contributed by atoms with Gasteiger partial charge in [0.05, 0.1) is 11.4 Å². The van der Waals surface area contributed by atoms with Crippen molar-refractivity contribution in [2.45, 2.75) is 64.7 Å². The summed E-state index contributed by atoms with van der Waals surface area (Å²) in [5, 5.41) is 11.8. The number of thiazole rings is 1. The number of aliphatic hydroxyl groups is 1. The molecule has 0 aromatic carbocycles. The molecular weight excluding hydrogens is 370 g/mol. The van der Waals surface area contributed by atoms with E-state index in [4.69, 9.17) is 4.98 Å². The van der Waals surface area contributed by atoms with Gasteiger partial charge >= 0.3 is 0 Å². The molecular formula is C21H35N5OS. The van der Waals surface area contributed by atoms with Crippen LogP contribution in [0.25, 0.3) is 4.96 Å². The number of aliphatic hydroxyl groups excluding tert-OH is 1. The van der Waals surface area contributed by atoms with Gasteiger partial charge in [0.2, 0.25) is 0 Å². The number of hydrogen-bond donors (Lipinski definition) is 1. The third-order valence-electron chi connectivity index (χ3n) is 6.71. The summed E-state index contributed by atoms with van der Waals surface area (Å²) in [4.78, 5) is 13.7. The highest BCUT2D eigenvalue weighted by molar-refractivity contribution is 7.15. The molecule has 1 N–H and O–H groups in total. The molecule has 2 aliphatic rings. The highest BCUT2D eigenvalue weighted by atomic mass is 32.1. The van der Waals surface area contributed by atoms with E-state index in [1.54, 1.807) is 11.3 Å². The standard InChI is InChI=1S/C21H35N5OS/c1-16(2)24-7-4-18(5-8-24)25-10-9-23(14-19(25)6-12-27)15-20-17(3)22-21-26(20)11-13-28-21/h11,13,16,18-19,27H,4-10,12,14-15H2,1-3H3/t19-/m0/s1. The van der Waals surface area contributed by atoms with E-state index in [2.05, 4.69) is 51.4 Å². The van der Waals surface area contributed by atoms with Crippen LogP contribution in [-0.4, -0.2) is 86.6 Å². The maximum Gasteiger partial charge on any atom is 0.194 e. The lowest BCUT2D eigenvalue weighted by atomic mass is 9.97. The second kappa shape index (κ2) is 8.79. The van der Waals surface area contributed by atoms with Crippen molar-refractivity contribution in [1.82, 2.24) is 24.1 Å². The Morgan fingerprint density at radius 1 is 1.21 bits per heavy atom. The van der Waals surface area contributed by atoms with Gasteiger partial charge in [0.25, 0.3) is 0 Å². The van der Waals surface area contributed by atoms with E-state index in [1.807, 2.05) is 0 Å². The summed E-state index contributed by atoms with van der Waals surface area (Å²) in [6.45, 7) is 13.6. The number of piperazine rings is 1. The first-order valence-corrected chi connectivity index (χ1v) is 11.7. The topological polar surface area (TPSA) is 47.2 Å². The maximum absolute atomic E-state index is 9.68. The number of piperidine rings is 1. The Morgan fingerprint density at radius 3 is 2.71 bits per heavy atom. The molecule has 28 heavy (non-hydrogen) atoms. The average molecular weight is 406 g/mol. The highest BCUT2D eigenvalue weighted by Crippen LogP contribution is 2.26. The van der Waals surface area contributed by atoms with Crippen LogP contribution in [0.3, 0.4) is 0 Å². The van der Waals surface area contributed by atoms with E-state index in [0.29, 0.717) is 18.1 Å². The van der Waals surface area contributed by atoms with Crippen LogP contribution in [0, 0.1) is 6.92 Å². The molecule has 2 aliphatic heterocycles. The minimum absolute atomic E-state index is 0.278. The summed E-state index contributed by atoms with van der Waals surface area (Å²) in [6.07, 6.45) is 5.54. The molecule has 0 saturated carbocycles. The molecule has 0 unspecified atom stereocenters. The van der Waals surface area contributed by atoms with Gasteiger partial charge in [-0.15, -0.1) is 11.3 Å². The normalized spacial score (nSPS) is 24.0. The van der Waals surface area contributed by atoms with Crippen molar-refractivity contribution in [3.63, 3.8) is 0 Å². The second-order valence-electron chi connectivity index (χ2n) is 8.70.